The Labute approximate surface area is 203 Å². The number of aromatic amines is 1. The Morgan fingerprint density at radius 3 is 2.79 bits per heavy atom. The van der Waals surface area contributed by atoms with Gasteiger partial charge in [-0.3, -0.25) is 4.79 Å². The van der Waals surface area contributed by atoms with E-state index in [1.54, 1.807) is 18.2 Å². The first kappa shape index (κ1) is 23.7. The van der Waals surface area contributed by atoms with Gasteiger partial charge < -0.3 is 15.2 Å². The third kappa shape index (κ3) is 6.55. The summed E-state index contributed by atoms with van der Waals surface area (Å²) in [6.45, 7) is 4.13. The monoisotopic (exact) mass is 511 g/mol. The van der Waals surface area contributed by atoms with E-state index in [-0.39, 0.29) is 11.7 Å². The average Bonchev–Trinajstić information content (AvgIpc) is 3.27. The molecule has 1 aliphatic rings. The topological polar surface area (TPSA) is 48.1 Å². The van der Waals surface area contributed by atoms with Crippen molar-refractivity contribution < 1.29 is 9.18 Å². The predicted octanol–water partition coefficient (Wildman–Crippen LogP) is 6.25. The number of likely N-dealkylation sites (tertiary alicyclic amines) is 1. The second kappa shape index (κ2) is 11.6. The summed E-state index contributed by atoms with van der Waals surface area (Å²) in [6, 6.07) is 13.3. The molecule has 1 fully saturated rings. The van der Waals surface area contributed by atoms with E-state index in [0.29, 0.717) is 16.9 Å². The number of carbonyl (C=O) groups is 1. The van der Waals surface area contributed by atoms with Crippen LogP contribution in [0.5, 0.6) is 0 Å². The van der Waals surface area contributed by atoms with Gasteiger partial charge in [0, 0.05) is 29.7 Å². The van der Waals surface area contributed by atoms with Crippen molar-refractivity contribution in [3.8, 4) is 0 Å². The summed E-state index contributed by atoms with van der Waals surface area (Å²) in [6.07, 6.45) is 11.1. The van der Waals surface area contributed by atoms with E-state index < -0.39 is 0 Å². The first-order chi connectivity index (χ1) is 16.1. The van der Waals surface area contributed by atoms with Crippen molar-refractivity contribution in [1.82, 2.24) is 15.2 Å². The molecule has 0 aliphatic carbocycles. The van der Waals surface area contributed by atoms with Gasteiger partial charge in [-0.2, -0.15) is 0 Å². The molecule has 0 saturated carbocycles. The Kier molecular flexibility index (Phi) is 8.35. The normalized spacial score (nSPS) is 15.5. The first-order valence-corrected chi connectivity index (χ1v) is 12.6. The second-order valence-electron chi connectivity index (χ2n) is 8.76. The molecule has 4 nitrogen and oxygen atoms in total. The number of unbranched alkanes of at least 4 members (excludes halogenated alkanes) is 2. The highest BCUT2D eigenvalue weighted by atomic mass is 79.9. The molecule has 0 bridgehead atoms. The molecule has 6 heteroatoms. The van der Waals surface area contributed by atoms with Crippen LogP contribution in [0.2, 0.25) is 0 Å². The minimum absolute atomic E-state index is 0.116. The van der Waals surface area contributed by atoms with Gasteiger partial charge in [-0.05, 0) is 103 Å². The van der Waals surface area contributed by atoms with Gasteiger partial charge in [0.2, 0.25) is 5.91 Å². The number of rotatable bonds is 9. The van der Waals surface area contributed by atoms with Crippen LogP contribution in [0.25, 0.3) is 17.0 Å². The summed E-state index contributed by atoms with van der Waals surface area (Å²) < 4.78 is 13.7. The number of amides is 1. The van der Waals surface area contributed by atoms with Crippen molar-refractivity contribution in [1.29, 1.82) is 0 Å². The zero-order valence-corrected chi connectivity index (χ0v) is 20.4. The summed E-state index contributed by atoms with van der Waals surface area (Å²) in [5, 5.41) is 4.30. The summed E-state index contributed by atoms with van der Waals surface area (Å²) in [4.78, 5) is 18.0. The Bertz CT molecular complexity index is 1100. The SMILES string of the molecule is O=C(/C=C/c1ccc(F)c(Br)c1)NCCCCCN1CCC(c2c[nH]c3ccccc23)CC1. The Morgan fingerprint density at radius 1 is 1.15 bits per heavy atom. The number of fused-ring (bicyclic) bond motifs is 1. The molecule has 2 heterocycles. The van der Waals surface area contributed by atoms with Gasteiger partial charge in [-0.15, -0.1) is 0 Å². The highest BCUT2D eigenvalue weighted by Crippen LogP contribution is 2.33. The number of nitrogens with one attached hydrogen (secondary N) is 2. The van der Waals surface area contributed by atoms with E-state index in [1.165, 1.54) is 41.5 Å². The van der Waals surface area contributed by atoms with E-state index >= 15 is 0 Å². The fourth-order valence-corrected chi connectivity index (χ4v) is 4.99. The van der Waals surface area contributed by atoms with E-state index in [2.05, 4.69) is 61.6 Å². The third-order valence-electron chi connectivity index (χ3n) is 6.47. The van der Waals surface area contributed by atoms with Crippen LogP contribution in [-0.2, 0) is 4.79 Å². The van der Waals surface area contributed by atoms with E-state index in [0.717, 1.165) is 44.5 Å². The summed E-state index contributed by atoms with van der Waals surface area (Å²) in [7, 11) is 0. The lowest BCUT2D eigenvalue weighted by molar-refractivity contribution is -0.116. The third-order valence-corrected chi connectivity index (χ3v) is 7.08. The lowest BCUT2D eigenvalue weighted by atomic mass is 9.89. The number of halogens is 2. The van der Waals surface area contributed by atoms with E-state index in [9.17, 15) is 9.18 Å². The molecule has 4 rings (SSSR count). The van der Waals surface area contributed by atoms with Crippen molar-refractivity contribution in [3.05, 3.63) is 76.2 Å². The van der Waals surface area contributed by atoms with E-state index in [4.69, 9.17) is 0 Å². The molecular formula is C27H31BrFN3O. The lowest BCUT2D eigenvalue weighted by Gasteiger charge is -2.32. The molecule has 1 saturated heterocycles. The van der Waals surface area contributed by atoms with Gasteiger partial charge in [-0.25, -0.2) is 4.39 Å². The fraction of sp³-hybridized carbons (Fsp3) is 0.370. The van der Waals surface area contributed by atoms with Crippen molar-refractivity contribution in [3.63, 3.8) is 0 Å². The molecule has 0 radical (unpaired) electrons. The van der Waals surface area contributed by atoms with Crippen molar-refractivity contribution in [2.45, 2.75) is 38.0 Å². The number of piperidine rings is 1. The second-order valence-corrected chi connectivity index (χ2v) is 9.62. The number of H-pyrrole nitrogens is 1. The highest BCUT2D eigenvalue weighted by Gasteiger charge is 2.22. The number of carbonyl (C=O) groups excluding carboxylic acids is 1. The largest absolute Gasteiger partial charge is 0.361 e. The number of hydrogen-bond donors (Lipinski definition) is 2. The molecule has 1 amide bonds. The van der Waals surface area contributed by atoms with Crippen LogP contribution < -0.4 is 5.32 Å². The summed E-state index contributed by atoms with van der Waals surface area (Å²) in [5.74, 6) is 0.224. The van der Waals surface area contributed by atoms with Crippen LogP contribution >= 0.6 is 15.9 Å². The van der Waals surface area contributed by atoms with Crippen LogP contribution in [0.3, 0.4) is 0 Å². The zero-order valence-electron chi connectivity index (χ0n) is 18.8. The molecule has 0 unspecified atom stereocenters. The van der Waals surface area contributed by atoms with Gasteiger partial charge in [0.1, 0.15) is 5.82 Å². The smallest absolute Gasteiger partial charge is 0.243 e. The minimum atomic E-state index is -0.310. The number of nitrogens with zero attached hydrogens (tertiary/aromatic N) is 1. The summed E-state index contributed by atoms with van der Waals surface area (Å²) >= 11 is 3.15. The standard InChI is InChI=1S/C27H31BrFN3O/c28-24-18-20(8-10-25(24)29)9-11-27(33)30-14-4-1-5-15-32-16-12-21(13-17-32)23-19-31-26-7-3-2-6-22(23)26/h2-3,6-11,18-19,21,31H,1,4-5,12-17H2,(H,30,33)/b11-9+. The highest BCUT2D eigenvalue weighted by molar-refractivity contribution is 9.10. The maximum atomic E-state index is 13.3. The van der Waals surface area contributed by atoms with Gasteiger partial charge in [0.05, 0.1) is 4.47 Å². The molecule has 0 atom stereocenters. The van der Waals surface area contributed by atoms with Crippen LogP contribution in [0.1, 0.15) is 49.1 Å². The molecule has 174 valence electrons. The van der Waals surface area contributed by atoms with Crippen LogP contribution in [0, 0.1) is 5.82 Å². The Balaban J connectivity index is 1.09. The quantitative estimate of drug-likeness (QED) is 0.263. The van der Waals surface area contributed by atoms with Gasteiger partial charge in [-0.1, -0.05) is 30.7 Å². The number of benzene rings is 2. The van der Waals surface area contributed by atoms with Gasteiger partial charge in [0.15, 0.2) is 0 Å². The first-order valence-electron chi connectivity index (χ1n) is 11.8. The lowest BCUT2D eigenvalue weighted by Crippen LogP contribution is -2.33. The molecule has 0 spiro atoms. The fourth-order valence-electron chi connectivity index (χ4n) is 4.59. The predicted molar refractivity (Wildman–Crippen MR) is 137 cm³/mol. The Hall–Kier alpha value is -2.44. The molecule has 2 aromatic carbocycles. The van der Waals surface area contributed by atoms with Crippen LogP contribution in [0.15, 0.2) is 59.2 Å². The molecule has 33 heavy (non-hydrogen) atoms. The molecule has 1 aliphatic heterocycles. The maximum absolute atomic E-state index is 13.3. The number of aromatic nitrogens is 1. The van der Waals surface area contributed by atoms with Crippen LogP contribution in [-0.4, -0.2) is 42.0 Å². The van der Waals surface area contributed by atoms with Crippen LogP contribution in [0.4, 0.5) is 4.39 Å². The van der Waals surface area contributed by atoms with Crippen molar-refractivity contribution >= 4 is 38.8 Å². The molecule has 1 aromatic heterocycles. The van der Waals surface area contributed by atoms with E-state index in [1.807, 2.05) is 0 Å². The molecule has 3 aromatic rings. The minimum Gasteiger partial charge on any atom is -0.361 e. The average molecular weight is 512 g/mol. The molecular weight excluding hydrogens is 481 g/mol. The zero-order chi connectivity index (χ0) is 23.0. The number of hydrogen-bond acceptors (Lipinski definition) is 2. The Morgan fingerprint density at radius 2 is 1.97 bits per heavy atom. The molecule has 2 N–H and O–H groups in total. The van der Waals surface area contributed by atoms with Crippen molar-refractivity contribution in [2.75, 3.05) is 26.2 Å². The van der Waals surface area contributed by atoms with Gasteiger partial charge >= 0.3 is 0 Å². The van der Waals surface area contributed by atoms with Gasteiger partial charge in [0.25, 0.3) is 0 Å². The summed E-state index contributed by atoms with van der Waals surface area (Å²) in [5.41, 5.74) is 3.50. The maximum Gasteiger partial charge on any atom is 0.243 e. The number of para-hydroxylation sites is 1. The van der Waals surface area contributed by atoms with Crippen molar-refractivity contribution in [2.24, 2.45) is 0 Å².